The molecule has 4 nitrogen and oxygen atoms in total. The summed E-state index contributed by atoms with van der Waals surface area (Å²) in [6.45, 7) is 5.08. The first-order chi connectivity index (χ1) is 10.1. The Morgan fingerprint density at radius 3 is 2.57 bits per heavy atom. The molecule has 2 aromatic rings. The molecule has 0 atom stereocenters. The molecule has 1 heterocycles. The van der Waals surface area contributed by atoms with Gasteiger partial charge in [0.25, 0.3) is 0 Å². The monoisotopic (exact) mass is 286 g/mol. The topological polar surface area (TPSA) is 54.3 Å². The van der Waals surface area contributed by atoms with Crippen molar-refractivity contribution in [3.63, 3.8) is 0 Å². The van der Waals surface area contributed by atoms with E-state index in [1.807, 2.05) is 36.4 Å². The van der Waals surface area contributed by atoms with Crippen molar-refractivity contribution in [1.82, 2.24) is 5.32 Å². The highest BCUT2D eigenvalue weighted by Crippen LogP contribution is 2.11. The smallest absolute Gasteiger partial charge is 0.224 e. The molecule has 1 aromatic carbocycles. The van der Waals surface area contributed by atoms with Gasteiger partial charge < -0.3 is 15.1 Å². The first-order valence-electron chi connectivity index (χ1n) is 7.28. The first-order valence-corrected chi connectivity index (χ1v) is 7.28. The number of amides is 1. The summed E-state index contributed by atoms with van der Waals surface area (Å²) in [6.07, 6.45) is 2.66. The van der Waals surface area contributed by atoms with E-state index >= 15 is 0 Å². The van der Waals surface area contributed by atoms with Crippen molar-refractivity contribution in [2.24, 2.45) is 0 Å². The highest BCUT2D eigenvalue weighted by Gasteiger charge is 2.05. The van der Waals surface area contributed by atoms with Crippen molar-refractivity contribution >= 4 is 11.6 Å². The number of carbonyl (C=O) groups excluding carboxylic acids is 1. The number of anilines is 1. The summed E-state index contributed by atoms with van der Waals surface area (Å²) in [7, 11) is 0. The fourth-order valence-electron chi connectivity index (χ4n) is 1.94. The molecule has 0 saturated carbocycles. The summed E-state index contributed by atoms with van der Waals surface area (Å²) >= 11 is 0. The second-order valence-electron chi connectivity index (χ2n) is 5.36. The van der Waals surface area contributed by atoms with Crippen LogP contribution in [0.1, 0.15) is 31.6 Å². The van der Waals surface area contributed by atoms with Gasteiger partial charge in [-0.3, -0.25) is 4.79 Å². The van der Waals surface area contributed by atoms with Crippen LogP contribution in [0.4, 0.5) is 5.69 Å². The number of aryl methyl sites for hydroxylation is 1. The van der Waals surface area contributed by atoms with E-state index < -0.39 is 0 Å². The van der Waals surface area contributed by atoms with Crippen LogP contribution in [-0.2, 0) is 17.8 Å². The number of hydrogen-bond acceptors (Lipinski definition) is 3. The van der Waals surface area contributed by atoms with Crippen LogP contribution < -0.4 is 10.6 Å². The molecule has 0 radical (unpaired) electrons. The second-order valence-corrected chi connectivity index (χ2v) is 5.36. The van der Waals surface area contributed by atoms with Crippen LogP contribution in [0.25, 0.3) is 0 Å². The largest absolute Gasteiger partial charge is 0.469 e. The van der Waals surface area contributed by atoms with Crippen LogP contribution in [0.2, 0.25) is 0 Å². The van der Waals surface area contributed by atoms with Crippen LogP contribution in [0.15, 0.2) is 47.1 Å². The van der Waals surface area contributed by atoms with Gasteiger partial charge in [-0.25, -0.2) is 0 Å². The summed E-state index contributed by atoms with van der Waals surface area (Å²) in [6, 6.07) is 12.1. The van der Waals surface area contributed by atoms with E-state index in [1.165, 1.54) is 5.56 Å². The lowest BCUT2D eigenvalue weighted by atomic mass is 10.2. The highest BCUT2D eigenvalue weighted by atomic mass is 16.3. The summed E-state index contributed by atoms with van der Waals surface area (Å²) in [4.78, 5) is 11.8. The average Bonchev–Trinajstić information content (AvgIpc) is 2.98. The molecule has 2 rings (SSSR count). The van der Waals surface area contributed by atoms with Gasteiger partial charge in [-0.1, -0.05) is 26.0 Å². The molecule has 0 fully saturated rings. The van der Waals surface area contributed by atoms with Crippen LogP contribution in [0.5, 0.6) is 0 Å². The summed E-state index contributed by atoms with van der Waals surface area (Å²) < 4.78 is 5.21. The Kier molecular flexibility index (Phi) is 5.58. The summed E-state index contributed by atoms with van der Waals surface area (Å²) in [5.74, 6) is 0.833. The number of benzene rings is 1. The standard InChI is InChI=1S/C17H22N2O2/c1-13(2)18-12-14-5-7-15(8-6-14)19-17(20)10-9-16-4-3-11-21-16/h3-8,11,13,18H,9-10,12H2,1-2H3,(H,19,20). The minimum absolute atomic E-state index is 0.000504. The molecule has 0 aliphatic carbocycles. The zero-order valence-corrected chi connectivity index (χ0v) is 12.6. The van der Waals surface area contributed by atoms with E-state index in [-0.39, 0.29) is 5.91 Å². The molecule has 2 N–H and O–H groups in total. The van der Waals surface area contributed by atoms with Gasteiger partial charge in [0, 0.05) is 31.1 Å². The van der Waals surface area contributed by atoms with E-state index in [0.29, 0.717) is 18.9 Å². The fourth-order valence-corrected chi connectivity index (χ4v) is 1.94. The summed E-state index contributed by atoms with van der Waals surface area (Å²) in [5.41, 5.74) is 2.03. The molecule has 112 valence electrons. The number of rotatable bonds is 7. The third-order valence-corrected chi connectivity index (χ3v) is 3.13. The van der Waals surface area contributed by atoms with E-state index in [0.717, 1.165) is 18.0 Å². The van der Waals surface area contributed by atoms with Crippen molar-refractivity contribution in [1.29, 1.82) is 0 Å². The Hall–Kier alpha value is -2.07. The maximum atomic E-state index is 11.8. The number of nitrogens with one attached hydrogen (secondary N) is 2. The van der Waals surface area contributed by atoms with Crippen molar-refractivity contribution in [3.8, 4) is 0 Å². The van der Waals surface area contributed by atoms with Gasteiger partial charge >= 0.3 is 0 Å². The molecule has 0 unspecified atom stereocenters. The van der Waals surface area contributed by atoms with Crippen LogP contribution >= 0.6 is 0 Å². The maximum Gasteiger partial charge on any atom is 0.224 e. The van der Waals surface area contributed by atoms with Crippen molar-refractivity contribution < 1.29 is 9.21 Å². The molecule has 0 saturated heterocycles. The van der Waals surface area contributed by atoms with Crippen molar-refractivity contribution in [3.05, 3.63) is 54.0 Å². The Balaban J connectivity index is 1.78. The van der Waals surface area contributed by atoms with E-state index in [2.05, 4.69) is 24.5 Å². The first kappa shape index (κ1) is 15.3. The second kappa shape index (κ2) is 7.64. The quantitative estimate of drug-likeness (QED) is 0.820. The lowest BCUT2D eigenvalue weighted by molar-refractivity contribution is -0.116. The lowest BCUT2D eigenvalue weighted by Gasteiger charge is -2.09. The van der Waals surface area contributed by atoms with Crippen molar-refractivity contribution in [2.45, 2.75) is 39.3 Å². The third kappa shape index (κ3) is 5.44. The minimum atomic E-state index is -0.000504. The van der Waals surface area contributed by atoms with Crippen LogP contribution in [0, 0.1) is 0 Å². The maximum absolute atomic E-state index is 11.8. The van der Waals surface area contributed by atoms with E-state index in [4.69, 9.17) is 4.42 Å². The zero-order chi connectivity index (χ0) is 15.1. The predicted octanol–water partition coefficient (Wildman–Crippen LogP) is 3.35. The lowest BCUT2D eigenvalue weighted by Crippen LogP contribution is -2.21. The minimum Gasteiger partial charge on any atom is -0.469 e. The Morgan fingerprint density at radius 2 is 1.95 bits per heavy atom. The Morgan fingerprint density at radius 1 is 1.19 bits per heavy atom. The molecule has 0 aliphatic heterocycles. The van der Waals surface area contributed by atoms with Crippen LogP contribution in [-0.4, -0.2) is 11.9 Å². The molecule has 1 amide bonds. The highest BCUT2D eigenvalue weighted by molar-refractivity contribution is 5.90. The molecule has 0 aliphatic rings. The van der Waals surface area contributed by atoms with Gasteiger partial charge in [-0.15, -0.1) is 0 Å². The van der Waals surface area contributed by atoms with Crippen molar-refractivity contribution in [2.75, 3.05) is 5.32 Å². The molecule has 4 heteroatoms. The van der Waals surface area contributed by atoms with Gasteiger partial charge in [-0.05, 0) is 29.8 Å². The van der Waals surface area contributed by atoms with E-state index in [1.54, 1.807) is 6.26 Å². The average molecular weight is 286 g/mol. The number of furan rings is 1. The molecular weight excluding hydrogens is 264 g/mol. The molecule has 0 bridgehead atoms. The summed E-state index contributed by atoms with van der Waals surface area (Å²) in [5, 5.41) is 6.26. The molecule has 21 heavy (non-hydrogen) atoms. The Labute approximate surface area is 125 Å². The van der Waals surface area contributed by atoms with Gasteiger partial charge in [0.2, 0.25) is 5.91 Å². The Bertz CT molecular complexity index is 545. The molecular formula is C17H22N2O2. The number of carbonyl (C=O) groups is 1. The van der Waals surface area contributed by atoms with E-state index in [9.17, 15) is 4.79 Å². The van der Waals surface area contributed by atoms with Gasteiger partial charge in [0.1, 0.15) is 5.76 Å². The molecule has 1 aromatic heterocycles. The van der Waals surface area contributed by atoms with Gasteiger partial charge in [-0.2, -0.15) is 0 Å². The van der Waals surface area contributed by atoms with Crippen LogP contribution in [0.3, 0.4) is 0 Å². The van der Waals surface area contributed by atoms with Gasteiger partial charge in [0.05, 0.1) is 6.26 Å². The fraction of sp³-hybridized carbons (Fsp3) is 0.353. The number of hydrogen-bond donors (Lipinski definition) is 2. The third-order valence-electron chi connectivity index (χ3n) is 3.13. The SMILES string of the molecule is CC(C)NCc1ccc(NC(=O)CCc2ccco2)cc1. The predicted molar refractivity (Wildman–Crippen MR) is 84.1 cm³/mol. The molecule has 0 spiro atoms. The van der Waals surface area contributed by atoms with Gasteiger partial charge in [0.15, 0.2) is 0 Å². The normalized spacial score (nSPS) is 10.8. The zero-order valence-electron chi connectivity index (χ0n) is 12.6.